The highest BCUT2D eigenvalue weighted by Crippen LogP contribution is 2.17. The number of aromatic amines is 1. The van der Waals surface area contributed by atoms with E-state index in [4.69, 9.17) is 9.81 Å². The van der Waals surface area contributed by atoms with E-state index >= 15 is 0 Å². The normalized spacial score (nSPS) is 10.3. The van der Waals surface area contributed by atoms with Gasteiger partial charge >= 0.3 is 0 Å². The van der Waals surface area contributed by atoms with E-state index in [-0.39, 0.29) is 0 Å². The summed E-state index contributed by atoms with van der Waals surface area (Å²) in [5.41, 5.74) is 2.84. The summed E-state index contributed by atoms with van der Waals surface area (Å²) in [6, 6.07) is 12.0. The number of imidazole rings is 1. The Morgan fingerprint density at radius 3 is 2.40 bits per heavy atom. The van der Waals surface area contributed by atoms with Crippen LogP contribution in [-0.2, 0) is 16.5 Å². The van der Waals surface area contributed by atoms with Gasteiger partial charge in [0.2, 0.25) is 0 Å². The van der Waals surface area contributed by atoms with E-state index in [1.54, 1.807) is 0 Å². The molecule has 2 aromatic rings. The lowest BCUT2D eigenvalue weighted by Crippen LogP contribution is -1.88. The van der Waals surface area contributed by atoms with E-state index < -0.39 is 10.1 Å². The first kappa shape index (κ1) is 15.9. The quantitative estimate of drug-likeness (QED) is 0.823. The highest BCUT2D eigenvalue weighted by molar-refractivity contribution is 7.85. The number of rotatable bonds is 2. The van der Waals surface area contributed by atoms with Gasteiger partial charge in [0.15, 0.2) is 0 Å². The molecule has 1 heterocycles. The smallest absolute Gasteiger partial charge is 0.261 e. The van der Waals surface area contributed by atoms with Crippen molar-refractivity contribution < 1.29 is 13.0 Å². The molecule has 0 spiro atoms. The molecular formula is C13H15N3O3S. The molecule has 0 aliphatic heterocycles. The number of hydrogen-bond donors (Lipinski definition) is 2. The zero-order valence-electron chi connectivity index (χ0n) is 11.2. The van der Waals surface area contributed by atoms with Crippen molar-refractivity contribution in [1.29, 1.82) is 5.26 Å². The van der Waals surface area contributed by atoms with Gasteiger partial charge in [-0.2, -0.15) is 13.7 Å². The molecule has 7 heteroatoms. The zero-order chi connectivity index (χ0) is 15.2. The minimum Gasteiger partial charge on any atom is -0.342 e. The van der Waals surface area contributed by atoms with Crippen LogP contribution in [0.25, 0.3) is 11.4 Å². The first-order valence-corrected chi connectivity index (χ1v) is 7.56. The molecule has 0 aliphatic rings. The molecule has 0 bridgehead atoms. The summed E-state index contributed by atoms with van der Waals surface area (Å²) in [4.78, 5) is 7.58. The molecule has 1 aromatic carbocycles. The molecule has 1 aromatic heterocycles. The van der Waals surface area contributed by atoms with Crippen LogP contribution in [0.5, 0.6) is 0 Å². The third-order valence-corrected chi connectivity index (χ3v) is 2.28. The number of benzene rings is 1. The standard InChI is InChI=1S/C12H11N3.CH4O3S/c1-9-11(7-8-13)15-12(14-9)10-5-3-2-4-6-10;1-5(2,3)4/h2-6H,7H2,1H3,(H,14,15);1H3,(H,2,3,4). The third kappa shape index (κ3) is 5.65. The van der Waals surface area contributed by atoms with Crippen LogP contribution in [0.1, 0.15) is 11.4 Å². The molecule has 0 aliphatic carbocycles. The van der Waals surface area contributed by atoms with Crippen LogP contribution in [0, 0.1) is 18.3 Å². The first-order valence-electron chi connectivity index (χ1n) is 5.71. The maximum Gasteiger partial charge on any atom is 0.261 e. The maximum atomic E-state index is 9.19. The fraction of sp³-hybridized carbons (Fsp3) is 0.231. The topological polar surface area (TPSA) is 107 Å². The highest BCUT2D eigenvalue weighted by Gasteiger charge is 2.06. The molecule has 2 N–H and O–H groups in total. The molecule has 0 saturated carbocycles. The molecule has 106 valence electrons. The third-order valence-electron chi connectivity index (χ3n) is 2.28. The molecular weight excluding hydrogens is 278 g/mol. The van der Waals surface area contributed by atoms with Gasteiger partial charge in [-0.05, 0) is 6.92 Å². The van der Waals surface area contributed by atoms with E-state index in [0.29, 0.717) is 12.7 Å². The summed E-state index contributed by atoms with van der Waals surface area (Å²) in [5, 5.41) is 8.62. The highest BCUT2D eigenvalue weighted by atomic mass is 32.2. The largest absolute Gasteiger partial charge is 0.342 e. The van der Waals surface area contributed by atoms with Crippen molar-refractivity contribution in [2.75, 3.05) is 6.26 Å². The van der Waals surface area contributed by atoms with Crippen LogP contribution >= 0.6 is 0 Å². The van der Waals surface area contributed by atoms with E-state index in [2.05, 4.69) is 16.0 Å². The molecule has 2 rings (SSSR count). The van der Waals surface area contributed by atoms with Gasteiger partial charge in [0.1, 0.15) is 5.82 Å². The van der Waals surface area contributed by atoms with Crippen LogP contribution < -0.4 is 0 Å². The SMILES string of the molecule is CS(=O)(=O)O.Cc1[nH]c(-c2ccccc2)nc1CC#N. The molecule has 0 radical (unpaired) electrons. The van der Waals surface area contributed by atoms with Crippen LogP contribution in [0.2, 0.25) is 0 Å². The molecule has 0 amide bonds. The molecule has 6 nitrogen and oxygen atoms in total. The van der Waals surface area contributed by atoms with Gasteiger partial charge in [0.25, 0.3) is 10.1 Å². The van der Waals surface area contributed by atoms with Crippen LogP contribution in [-0.4, -0.2) is 29.2 Å². The number of aromatic nitrogens is 2. The number of nitrogens with one attached hydrogen (secondary N) is 1. The predicted molar refractivity (Wildman–Crippen MR) is 75.6 cm³/mol. The molecule has 0 atom stereocenters. The summed E-state index contributed by atoms with van der Waals surface area (Å²) in [7, 11) is -3.67. The monoisotopic (exact) mass is 293 g/mol. The summed E-state index contributed by atoms with van der Waals surface area (Å²) in [6.45, 7) is 1.94. The Bertz CT molecular complexity index is 692. The number of nitrogens with zero attached hydrogens (tertiary/aromatic N) is 2. The Labute approximate surface area is 117 Å². The predicted octanol–water partition coefficient (Wildman–Crippen LogP) is 1.96. The van der Waals surface area contributed by atoms with Crippen molar-refractivity contribution >= 4 is 10.1 Å². The van der Waals surface area contributed by atoms with Gasteiger partial charge in [-0.3, -0.25) is 4.55 Å². The Kier molecular flexibility index (Phi) is 5.43. The molecule has 0 saturated heterocycles. The van der Waals surface area contributed by atoms with Crippen molar-refractivity contribution in [3.05, 3.63) is 41.7 Å². The fourth-order valence-electron chi connectivity index (χ4n) is 1.48. The van der Waals surface area contributed by atoms with Crippen LogP contribution in [0.15, 0.2) is 30.3 Å². The first-order chi connectivity index (χ1) is 9.31. The lowest BCUT2D eigenvalue weighted by molar-refractivity contribution is 0.490. The summed E-state index contributed by atoms with van der Waals surface area (Å²) < 4.78 is 25.9. The van der Waals surface area contributed by atoms with E-state index in [1.807, 2.05) is 37.3 Å². The van der Waals surface area contributed by atoms with Gasteiger partial charge in [-0.25, -0.2) is 4.98 Å². The van der Waals surface area contributed by atoms with Gasteiger partial charge < -0.3 is 4.98 Å². The number of H-pyrrole nitrogens is 1. The lowest BCUT2D eigenvalue weighted by Gasteiger charge is -1.93. The Morgan fingerprint density at radius 2 is 1.90 bits per heavy atom. The number of aryl methyl sites for hydroxylation is 1. The Hall–Kier alpha value is -2.17. The van der Waals surface area contributed by atoms with E-state index in [9.17, 15) is 8.42 Å². The Balaban J connectivity index is 0.000000347. The van der Waals surface area contributed by atoms with Crippen molar-refractivity contribution in [1.82, 2.24) is 9.97 Å². The van der Waals surface area contributed by atoms with Gasteiger partial charge in [0.05, 0.1) is 24.4 Å². The van der Waals surface area contributed by atoms with Crippen molar-refractivity contribution in [3.63, 3.8) is 0 Å². The molecule has 20 heavy (non-hydrogen) atoms. The second kappa shape index (κ2) is 6.84. The number of nitriles is 1. The maximum absolute atomic E-state index is 9.19. The number of hydrogen-bond acceptors (Lipinski definition) is 4. The fourth-order valence-corrected chi connectivity index (χ4v) is 1.48. The average molecular weight is 293 g/mol. The zero-order valence-corrected chi connectivity index (χ0v) is 12.0. The molecule has 0 unspecified atom stereocenters. The van der Waals surface area contributed by atoms with Crippen molar-refractivity contribution in [2.45, 2.75) is 13.3 Å². The second-order valence-corrected chi connectivity index (χ2v) is 5.56. The summed E-state index contributed by atoms with van der Waals surface area (Å²) in [6.07, 6.45) is 1.07. The van der Waals surface area contributed by atoms with E-state index in [1.165, 1.54) is 0 Å². The summed E-state index contributed by atoms with van der Waals surface area (Å²) in [5.74, 6) is 0.832. The Morgan fingerprint density at radius 1 is 1.35 bits per heavy atom. The molecule has 0 fully saturated rings. The summed E-state index contributed by atoms with van der Waals surface area (Å²) >= 11 is 0. The minimum absolute atomic E-state index is 0.356. The lowest BCUT2D eigenvalue weighted by atomic mass is 10.2. The van der Waals surface area contributed by atoms with Crippen molar-refractivity contribution in [2.24, 2.45) is 0 Å². The second-order valence-electron chi connectivity index (χ2n) is 4.09. The van der Waals surface area contributed by atoms with Crippen molar-refractivity contribution in [3.8, 4) is 17.5 Å². The average Bonchev–Trinajstić information content (AvgIpc) is 2.71. The van der Waals surface area contributed by atoms with Crippen LogP contribution in [0.3, 0.4) is 0 Å². The van der Waals surface area contributed by atoms with Gasteiger partial charge in [0, 0.05) is 11.3 Å². The van der Waals surface area contributed by atoms with Gasteiger partial charge in [-0.15, -0.1) is 0 Å². The van der Waals surface area contributed by atoms with E-state index in [0.717, 1.165) is 22.8 Å². The van der Waals surface area contributed by atoms with Crippen LogP contribution in [0.4, 0.5) is 0 Å². The van der Waals surface area contributed by atoms with Gasteiger partial charge in [-0.1, -0.05) is 30.3 Å². The minimum atomic E-state index is -3.67.